The molecule has 0 fully saturated rings. The van der Waals surface area contributed by atoms with Crippen molar-refractivity contribution in [2.24, 2.45) is 5.73 Å². The minimum atomic E-state index is -0.138. The lowest BCUT2D eigenvalue weighted by molar-refractivity contribution is 0.406. The van der Waals surface area contributed by atoms with Gasteiger partial charge in [0.05, 0.1) is 0 Å². The average molecular weight is 217 g/mol. The van der Waals surface area contributed by atoms with E-state index in [9.17, 15) is 0 Å². The van der Waals surface area contributed by atoms with E-state index in [1.54, 1.807) is 0 Å². The Kier molecular flexibility index (Phi) is 5.23. The first-order valence-electron chi connectivity index (χ1n) is 5.68. The Bertz CT molecular complexity index is 308. The van der Waals surface area contributed by atoms with Gasteiger partial charge >= 0.3 is 0 Å². The molecule has 1 atom stereocenters. The molecule has 87 valence electrons. The van der Waals surface area contributed by atoms with E-state index in [0.29, 0.717) is 6.54 Å². The molecule has 0 saturated carbocycles. The number of rotatable bonds is 7. The maximum absolute atomic E-state index is 5.52. The molecule has 1 rings (SSSR count). The molecule has 16 heavy (non-hydrogen) atoms. The summed E-state index contributed by atoms with van der Waals surface area (Å²) in [6.07, 6.45) is 3.62. The Labute approximate surface area is 98.6 Å². The Balaban J connectivity index is 2.74. The van der Waals surface area contributed by atoms with Crippen LogP contribution in [0.25, 0.3) is 0 Å². The fourth-order valence-corrected chi connectivity index (χ4v) is 1.77. The first kappa shape index (κ1) is 12.9. The quantitative estimate of drug-likeness (QED) is 0.685. The van der Waals surface area contributed by atoms with Crippen LogP contribution < -0.4 is 11.1 Å². The zero-order valence-corrected chi connectivity index (χ0v) is 9.78. The second-order valence-corrected chi connectivity index (χ2v) is 3.99. The molecule has 2 heteroatoms. The summed E-state index contributed by atoms with van der Waals surface area (Å²) >= 11 is 0. The molecule has 0 aromatic heterocycles. The van der Waals surface area contributed by atoms with E-state index in [2.05, 4.69) is 43.1 Å². The number of benzene rings is 1. The van der Waals surface area contributed by atoms with E-state index in [1.165, 1.54) is 5.56 Å². The second-order valence-electron chi connectivity index (χ2n) is 3.99. The minimum Gasteiger partial charge on any atom is -0.329 e. The predicted molar refractivity (Wildman–Crippen MR) is 70.1 cm³/mol. The minimum absolute atomic E-state index is 0.138. The third-order valence-electron chi connectivity index (χ3n) is 2.82. The van der Waals surface area contributed by atoms with Gasteiger partial charge in [0.25, 0.3) is 0 Å². The van der Waals surface area contributed by atoms with Crippen LogP contribution in [0.4, 0.5) is 0 Å². The van der Waals surface area contributed by atoms with E-state index in [4.69, 9.17) is 5.73 Å². The fourth-order valence-electron chi connectivity index (χ4n) is 1.77. The van der Waals surface area contributed by atoms with Gasteiger partial charge in [0.15, 0.2) is 0 Å². The van der Waals surface area contributed by atoms with Crippen molar-refractivity contribution in [3.63, 3.8) is 0 Å². The van der Waals surface area contributed by atoms with Crippen LogP contribution >= 0.6 is 0 Å². The zero-order chi connectivity index (χ0) is 11.9. The van der Waals surface area contributed by atoms with E-state index in [1.807, 2.05) is 12.1 Å². The Hall–Kier alpha value is -1.12. The van der Waals surface area contributed by atoms with Crippen LogP contribution in [0, 0.1) is 6.92 Å². The van der Waals surface area contributed by atoms with Crippen molar-refractivity contribution in [1.29, 1.82) is 0 Å². The summed E-state index contributed by atoms with van der Waals surface area (Å²) in [5.41, 5.74) is 6.67. The summed E-state index contributed by atoms with van der Waals surface area (Å²) in [6.45, 7) is 9.33. The lowest BCUT2D eigenvalue weighted by Crippen LogP contribution is -2.46. The van der Waals surface area contributed by atoms with Gasteiger partial charge in [-0.05, 0) is 18.4 Å². The third kappa shape index (κ3) is 3.47. The first-order chi connectivity index (χ1) is 7.76. The molecule has 0 aliphatic rings. The van der Waals surface area contributed by atoms with Gasteiger partial charge in [0, 0.05) is 18.6 Å². The monoisotopic (exact) mass is 217 g/mol. The van der Waals surface area contributed by atoms with Crippen molar-refractivity contribution >= 4 is 0 Å². The van der Waals surface area contributed by atoms with E-state index in [0.717, 1.165) is 19.4 Å². The van der Waals surface area contributed by atoms with E-state index >= 15 is 0 Å². The predicted octanol–water partition coefficient (Wildman–Crippen LogP) is 1.93. The molecule has 1 radical (unpaired) electrons. The first-order valence-corrected chi connectivity index (χ1v) is 5.68. The molecule has 0 saturated heterocycles. The van der Waals surface area contributed by atoms with Crippen LogP contribution in [-0.4, -0.2) is 18.6 Å². The molecule has 1 aromatic rings. The average Bonchev–Trinajstić information content (AvgIpc) is 2.36. The normalized spacial score (nSPS) is 14.4. The molecule has 0 heterocycles. The largest absolute Gasteiger partial charge is 0.329 e. The van der Waals surface area contributed by atoms with E-state index in [-0.39, 0.29) is 5.54 Å². The third-order valence-corrected chi connectivity index (χ3v) is 2.82. The summed E-state index contributed by atoms with van der Waals surface area (Å²) in [5, 5.41) is 3.43. The molecule has 1 unspecified atom stereocenters. The van der Waals surface area contributed by atoms with Gasteiger partial charge in [0.2, 0.25) is 0 Å². The number of hydrogen-bond donors (Lipinski definition) is 2. The SMILES string of the molecule is [CH2]CC(C=C)(Cc1ccccc1)NCCN. The van der Waals surface area contributed by atoms with Crippen LogP contribution in [0.15, 0.2) is 43.0 Å². The van der Waals surface area contributed by atoms with Gasteiger partial charge in [-0.15, -0.1) is 6.58 Å². The summed E-state index contributed by atoms with van der Waals surface area (Å²) in [7, 11) is 0. The van der Waals surface area contributed by atoms with Gasteiger partial charge in [-0.3, -0.25) is 0 Å². The van der Waals surface area contributed by atoms with Crippen molar-refractivity contribution < 1.29 is 0 Å². The molecular formula is C14H21N2. The van der Waals surface area contributed by atoms with Crippen molar-refractivity contribution in [3.05, 3.63) is 55.5 Å². The van der Waals surface area contributed by atoms with E-state index < -0.39 is 0 Å². The number of nitrogens with two attached hydrogens (primary N) is 1. The number of nitrogens with one attached hydrogen (secondary N) is 1. The number of hydrogen-bond acceptors (Lipinski definition) is 2. The lowest BCUT2D eigenvalue weighted by Gasteiger charge is -2.31. The van der Waals surface area contributed by atoms with Crippen molar-refractivity contribution in [1.82, 2.24) is 5.32 Å². The van der Waals surface area contributed by atoms with Gasteiger partial charge in [-0.2, -0.15) is 0 Å². The van der Waals surface area contributed by atoms with Gasteiger partial charge in [0.1, 0.15) is 0 Å². The smallest absolute Gasteiger partial charge is 0.0402 e. The van der Waals surface area contributed by atoms with Crippen LogP contribution in [0.3, 0.4) is 0 Å². The molecule has 2 nitrogen and oxygen atoms in total. The summed E-state index contributed by atoms with van der Waals surface area (Å²) in [4.78, 5) is 0. The maximum atomic E-state index is 5.52. The topological polar surface area (TPSA) is 38.0 Å². The Morgan fingerprint density at radius 1 is 1.31 bits per heavy atom. The van der Waals surface area contributed by atoms with Gasteiger partial charge in [-0.25, -0.2) is 0 Å². The van der Waals surface area contributed by atoms with Crippen LogP contribution in [0.1, 0.15) is 12.0 Å². The highest BCUT2D eigenvalue weighted by Gasteiger charge is 2.23. The Morgan fingerprint density at radius 2 is 2.00 bits per heavy atom. The highest BCUT2D eigenvalue weighted by molar-refractivity contribution is 5.21. The maximum Gasteiger partial charge on any atom is 0.0402 e. The van der Waals surface area contributed by atoms with Crippen LogP contribution in [-0.2, 0) is 6.42 Å². The highest BCUT2D eigenvalue weighted by Crippen LogP contribution is 2.18. The van der Waals surface area contributed by atoms with Gasteiger partial charge < -0.3 is 11.1 Å². The molecule has 0 spiro atoms. The van der Waals surface area contributed by atoms with Crippen LogP contribution in [0.2, 0.25) is 0 Å². The fraction of sp³-hybridized carbons (Fsp3) is 0.357. The van der Waals surface area contributed by atoms with Crippen molar-refractivity contribution in [2.45, 2.75) is 18.4 Å². The summed E-state index contributed by atoms with van der Waals surface area (Å²) < 4.78 is 0. The Morgan fingerprint density at radius 3 is 2.50 bits per heavy atom. The summed E-state index contributed by atoms with van der Waals surface area (Å²) in [6, 6.07) is 10.4. The molecule has 0 bridgehead atoms. The summed E-state index contributed by atoms with van der Waals surface area (Å²) in [5.74, 6) is 0. The molecular weight excluding hydrogens is 196 g/mol. The van der Waals surface area contributed by atoms with Gasteiger partial charge in [-0.1, -0.05) is 43.3 Å². The zero-order valence-electron chi connectivity index (χ0n) is 9.78. The van der Waals surface area contributed by atoms with Crippen molar-refractivity contribution in [2.75, 3.05) is 13.1 Å². The highest BCUT2D eigenvalue weighted by atomic mass is 15.0. The standard InChI is InChI=1S/C14H21N2/c1-3-14(4-2,16-11-10-15)12-13-8-6-5-7-9-13/h3,5-9,16H,1-2,4,10-12,15H2. The second kappa shape index (κ2) is 6.46. The molecule has 0 aliphatic carbocycles. The lowest BCUT2D eigenvalue weighted by atomic mass is 9.88. The molecule has 1 aromatic carbocycles. The molecule has 0 amide bonds. The molecule has 3 N–H and O–H groups in total. The molecule has 0 aliphatic heterocycles. The van der Waals surface area contributed by atoms with Crippen LogP contribution in [0.5, 0.6) is 0 Å². The van der Waals surface area contributed by atoms with Crippen molar-refractivity contribution in [3.8, 4) is 0 Å².